The smallest absolute Gasteiger partial charge is 0.225 e. The molecule has 3 aromatic rings. The Morgan fingerprint density at radius 2 is 2.11 bits per heavy atom. The third-order valence-corrected chi connectivity index (χ3v) is 5.29. The van der Waals surface area contributed by atoms with Gasteiger partial charge < -0.3 is 9.47 Å². The maximum atomic E-state index is 12.2. The van der Waals surface area contributed by atoms with E-state index in [-0.39, 0.29) is 24.2 Å². The molecule has 0 bridgehead atoms. The molecule has 0 unspecified atom stereocenters. The van der Waals surface area contributed by atoms with Crippen LogP contribution in [-0.4, -0.2) is 42.2 Å². The van der Waals surface area contributed by atoms with Gasteiger partial charge in [-0.05, 0) is 25.1 Å². The Labute approximate surface area is 178 Å². The molecular formula is C19H22BrClN6O. The number of amides is 1. The van der Waals surface area contributed by atoms with E-state index in [1.807, 2.05) is 43.9 Å². The largest absolute Gasteiger partial charge is 0.338 e. The van der Waals surface area contributed by atoms with Crippen LogP contribution in [0, 0.1) is 12.8 Å². The fourth-order valence-corrected chi connectivity index (χ4v) is 3.76. The van der Waals surface area contributed by atoms with Crippen molar-refractivity contribution < 1.29 is 4.79 Å². The number of hydrogen-bond donors (Lipinski definition) is 0. The molecule has 0 saturated heterocycles. The Bertz CT molecular complexity index is 1040. The Morgan fingerprint density at radius 3 is 2.82 bits per heavy atom. The molecule has 2 aromatic heterocycles. The minimum absolute atomic E-state index is 0. The molecule has 1 aromatic carbocycles. The van der Waals surface area contributed by atoms with Crippen LogP contribution in [0.3, 0.4) is 0 Å². The van der Waals surface area contributed by atoms with Crippen LogP contribution in [0.25, 0.3) is 17.1 Å². The molecule has 9 heteroatoms. The summed E-state index contributed by atoms with van der Waals surface area (Å²) in [6.07, 6.45) is 1.85. The molecule has 148 valence electrons. The second-order valence-electron chi connectivity index (χ2n) is 7.17. The van der Waals surface area contributed by atoms with Crippen molar-refractivity contribution in [2.24, 2.45) is 5.92 Å². The van der Waals surface area contributed by atoms with Crippen molar-refractivity contribution in [2.75, 3.05) is 7.05 Å². The molecule has 0 aliphatic carbocycles. The van der Waals surface area contributed by atoms with Gasteiger partial charge in [-0.2, -0.15) is 5.10 Å². The summed E-state index contributed by atoms with van der Waals surface area (Å²) in [5.41, 5.74) is 4.07. The van der Waals surface area contributed by atoms with Gasteiger partial charge in [0.05, 0.1) is 36.5 Å². The number of carbonyl (C=O) groups excluding carboxylic acids is 1. The number of fused-ring (bicyclic) bond motifs is 5. The fourth-order valence-electron chi connectivity index (χ4n) is 3.40. The Hall–Kier alpha value is -2.19. The first-order chi connectivity index (χ1) is 12.8. The minimum atomic E-state index is -0.0517. The van der Waals surface area contributed by atoms with Crippen LogP contribution in [0.5, 0.6) is 0 Å². The second-order valence-corrected chi connectivity index (χ2v) is 8.08. The highest BCUT2D eigenvalue weighted by atomic mass is 79.9. The van der Waals surface area contributed by atoms with Crippen molar-refractivity contribution in [3.05, 3.63) is 46.2 Å². The Morgan fingerprint density at radius 1 is 1.36 bits per heavy atom. The monoisotopic (exact) mass is 464 g/mol. The van der Waals surface area contributed by atoms with Crippen molar-refractivity contribution in [2.45, 2.75) is 33.9 Å². The molecule has 1 aliphatic rings. The van der Waals surface area contributed by atoms with E-state index in [4.69, 9.17) is 10.1 Å². The van der Waals surface area contributed by atoms with Gasteiger partial charge in [0.15, 0.2) is 11.6 Å². The lowest BCUT2D eigenvalue weighted by atomic mass is 10.1. The predicted molar refractivity (Wildman–Crippen MR) is 113 cm³/mol. The average molecular weight is 466 g/mol. The van der Waals surface area contributed by atoms with Crippen molar-refractivity contribution in [3.63, 3.8) is 0 Å². The molecule has 0 N–H and O–H groups in total. The van der Waals surface area contributed by atoms with Gasteiger partial charge >= 0.3 is 0 Å². The van der Waals surface area contributed by atoms with Gasteiger partial charge in [0.25, 0.3) is 0 Å². The third-order valence-electron chi connectivity index (χ3n) is 4.80. The van der Waals surface area contributed by atoms with E-state index in [0.29, 0.717) is 18.9 Å². The summed E-state index contributed by atoms with van der Waals surface area (Å²) in [7, 11) is 1.79. The summed E-state index contributed by atoms with van der Waals surface area (Å²) in [6, 6.07) is 6.12. The SMILES string of the molecule is Cc1ncn2c1Cn1nc(CN(C)C(=O)C(C)C)nc1-c1cc(Br)ccc1-2.Cl. The molecule has 0 spiro atoms. The van der Waals surface area contributed by atoms with Gasteiger partial charge in [0, 0.05) is 23.0 Å². The van der Waals surface area contributed by atoms with Crippen LogP contribution in [0.1, 0.15) is 31.1 Å². The number of hydrogen-bond acceptors (Lipinski definition) is 4. The number of rotatable bonds is 3. The summed E-state index contributed by atoms with van der Waals surface area (Å²) < 4.78 is 4.98. The molecule has 1 aliphatic heterocycles. The van der Waals surface area contributed by atoms with Crippen molar-refractivity contribution in [1.82, 2.24) is 29.2 Å². The number of carbonyl (C=O) groups is 1. The molecule has 0 radical (unpaired) electrons. The molecule has 0 saturated carbocycles. The van der Waals surface area contributed by atoms with Gasteiger partial charge in [-0.25, -0.2) is 14.6 Å². The quantitative estimate of drug-likeness (QED) is 0.463. The normalized spacial score (nSPS) is 11.9. The fraction of sp³-hybridized carbons (Fsp3) is 0.368. The summed E-state index contributed by atoms with van der Waals surface area (Å²) in [5, 5.41) is 4.70. The van der Waals surface area contributed by atoms with E-state index in [0.717, 1.165) is 32.9 Å². The van der Waals surface area contributed by atoms with Gasteiger partial charge in [-0.15, -0.1) is 12.4 Å². The number of imidazole rings is 1. The molecule has 1 amide bonds. The Balaban J connectivity index is 0.00000225. The van der Waals surface area contributed by atoms with Crippen LogP contribution < -0.4 is 0 Å². The zero-order valence-corrected chi connectivity index (χ0v) is 18.6. The summed E-state index contributed by atoms with van der Waals surface area (Å²) in [6.45, 7) is 6.77. The topological polar surface area (TPSA) is 68.8 Å². The van der Waals surface area contributed by atoms with Crippen LogP contribution in [0.4, 0.5) is 0 Å². The lowest BCUT2D eigenvalue weighted by Gasteiger charge is -2.17. The Kier molecular flexibility index (Phi) is 5.63. The zero-order valence-electron chi connectivity index (χ0n) is 16.2. The van der Waals surface area contributed by atoms with Crippen LogP contribution >= 0.6 is 28.3 Å². The number of benzene rings is 1. The minimum Gasteiger partial charge on any atom is -0.338 e. The van der Waals surface area contributed by atoms with Gasteiger partial charge in [0.2, 0.25) is 5.91 Å². The zero-order chi connectivity index (χ0) is 19.3. The number of aryl methyl sites for hydroxylation is 1. The highest BCUT2D eigenvalue weighted by Gasteiger charge is 2.25. The first-order valence-electron chi connectivity index (χ1n) is 8.87. The standard InChI is InChI=1S/C19H21BrN6O.ClH/c1-11(2)19(27)24(4)9-17-22-18-14-7-13(20)5-6-15(14)25-10-21-12(3)16(25)8-26(18)23-17;/h5-7,10-11H,8-9H2,1-4H3;1H. The average Bonchev–Trinajstić information content (AvgIpc) is 3.15. The molecule has 4 rings (SSSR count). The van der Waals surface area contributed by atoms with E-state index < -0.39 is 0 Å². The summed E-state index contributed by atoms with van der Waals surface area (Å²) in [5.74, 6) is 1.47. The van der Waals surface area contributed by atoms with Crippen molar-refractivity contribution in [3.8, 4) is 17.1 Å². The van der Waals surface area contributed by atoms with Crippen LogP contribution in [-0.2, 0) is 17.9 Å². The molecule has 28 heavy (non-hydrogen) atoms. The second kappa shape index (κ2) is 7.67. The van der Waals surface area contributed by atoms with Crippen LogP contribution in [0.2, 0.25) is 0 Å². The van der Waals surface area contributed by atoms with Crippen molar-refractivity contribution in [1.29, 1.82) is 0 Å². The van der Waals surface area contributed by atoms with Crippen molar-refractivity contribution >= 4 is 34.2 Å². The molecule has 3 heterocycles. The first-order valence-corrected chi connectivity index (χ1v) is 9.66. The van der Waals surface area contributed by atoms with E-state index in [9.17, 15) is 4.79 Å². The number of aromatic nitrogens is 5. The number of halogens is 2. The van der Waals surface area contributed by atoms with Gasteiger partial charge in [0.1, 0.15) is 0 Å². The third kappa shape index (κ3) is 3.46. The lowest BCUT2D eigenvalue weighted by molar-refractivity contribution is -0.133. The molecule has 0 atom stereocenters. The summed E-state index contributed by atoms with van der Waals surface area (Å²) >= 11 is 3.56. The maximum absolute atomic E-state index is 12.2. The molecule has 0 fully saturated rings. The van der Waals surface area contributed by atoms with Crippen LogP contribution in [0.15, 0.2) is 29.0 Å². The van der Waals surface area contributed by atoms with Gasteiger partial charge in [-0.1, -0.05) is 29.8 Å². The summed E-state index contributed by atoms with van der Waals surface area (Å²) in [4.78, 5) is 23.1. The van der Waals surface area contributed by atoms with E-state index in [1.54, 1.807) is 11.9 Å². The van der Waals surface area contributed by atoms with E-state index in [2.05, 4.69) is 31.5 Å². The highest BCUT2D eigenvalue weighted by molar-refractivity contribution is 9.10. The van der Waals surface area contributed by atoms with Gasteiger partial charge in [-0.3, -0.25) is 4.79 Å². The van der Waals surface area contributed by atoms with E-state index in [1.165, 1.54) is 0 Å². The molecule has 7 nitrogen and oxygen atoms in total. The molecular weight excluding hydrogens is 444 g/mol. The highest BCUT2D eigenvalue weighted by Crippen LogP contribution is 2.33. The number of nitrogens with zero attached hydrogens (tertiary/aromatic N) is 6. The first kappa shape index (κ1) is 20.5. The predicted octanol–water partition coefficient (Wildman–Crippen LogP) is 3.60. The van der Waals surface area contributed by atoms with E-state index >= 15 is 0 Å². The maximum Gasteiger partial charge on any atom is 0.225 e. The lowest BCUT2D eigenvalue weighted by Crippen LogP contribution is -2.30.